The standard InChI is InChI=1S/C16H16BrF3N2O3/c1-2-22-12-6-10(17)13(24-8-9-4-3-5-9)7-11(12)21-15(22)25-14(23)16(18,19)20/h6-7,9H,2-5,8H2,1H3. The van der Waals surface area contributed by atoms with E-state index in [0.29, 0.717) is 40.3 Å². The van der Waals surface area contributed by atoms with Crippen LogP contribution in [0, 0.1) is 5.92 Å². The first-order chi connectivity index (χ1) is 11.8. The van der Waals surface area contributed by atoms with Gasteiger partial charge in [0.1, 0.15) is 5.75 Å². The van der Waals surface area contributed by atoms with E-state index < -0.39 is 12.1 Å². The average Bonchev–Trinajstić information content (AvgIpc) is 2.80. The summed E-state index contributed by atoms with van der Waals surface area (Å²) in [6.07, 6.45) is -1.58. The molecule has 1 fully saturated rings. The van der Waals surface area contributed by atoms with Crippen LogP contribution in [0.25, 0.3) is 11.0 Å². The second-order valence-corrected chi connectivity index (χ2v) is 6.76. The molecule has 1 aromatic heterocycles. The van der Waals surface area contributed by atoms with E-state index in [1.54, 1.807) is 19.1 Å². The quantitative estimate of drug-likeness (QED) is 0.669. The average molecular weight is 421 g/mol. The van der Waals surface area contributed by atoms with Gasteiger partial charge >= 0.3 is 18.2 Å². The molecular weight excluding hydrogens is 405 g/mol. The van der Waals surface area contributed by atoms with Gasteiger partial charge in [-0.15, -0.1) is 0 Å². The van der Waals surface area contributed by atoms with Gasteiger partial charge < -0.3 is 9.47 Å². The molecule has 0 N–H and O–H groups in total. The maximum Gasteiger partial charge on any atom is 0.491 e. The minimum Gasteiger partial charge on any atom is -0.492 e. The molecule has 0 atom stereocenters. The third-order valence-electron chi connectivity index (χ3n) is 4.20. The number of carbonyl (C=O) groups excluding carboxylic acids is 1. The molecule has 0 radical (unpaired) electrons. The number of alkyl halides is 3. The molecular formula is C16H16BrF3N2O3. The van der Waals surface area contributed by atoms with Crippen molar-refractivity contribution in [3.05, 3.63) is 16.6 Å². The summed E-state index contributed by atoms with van der Waals surface area (Å²) in [5, 5.41) is 0. The van der Waals surface area contributed by atoms with Crippen LogP contribution in [0.1, 0.15) is 26.2 Å². The Balaban J connectivity index is 1.89. The number of carbonyl (C=O) groups is 1. The predicted molar refractivity (Wildman–Crippen MR) is 87.6 cm³/mol. The lowest BCUT2D eigenvalue weighted by molar-refractivity contribution is -0.190. The Bertz CT molecular complexity index is 800. The second kappa shape index (κ2) is 6.86. The number of nitrogens with zero attached hydrogens (tertiary/aromatic N) is 2. The summed E-state index contributed by atoms with van der Waals surface area (Å²) in [5.74, 6) is -1.19. The number of aromatic nitrogens is 2. The minimum atomic E-state index is -5.08. The van der Waals surface area contributed by atoms with Crippen LogP contribution in [-0.2, 0) is 11.3 Å². The highest BCUT2D eigenvalue weighted by atomic mass is 79.9. The van der Waals surface area contributed by atoms with Gasteiger partial charge in [0.05, 0.1) is 22.1 Å². The Kier molecular flexibility index (Phi) is 4.95. The highest BCUT2D eigenvalue weighted by Crippen LogP contribution is 2.34. The Morgan fingerprint density at radius 2 is 2.12 bits per heavy atom. The van der Waals surface area contributed by atoms with Gasteiger partial charge in [-0.25, -0.2) is 4.79 Å². The number of esters is 1. The van der Waals surface area contributed by atoms with Gasteiger partial charge in [-0.05, 0) is 47.7 Å². The molecule has 3 rings (SSSR count). The molecule has 1 heterocycles. The molecule has 0 unspecified atom stereocenters. The molecule has 0 aliphatic heterocycles. The van der Waals surface area contributed by atoms with Crippen molar-refractivity contribution in [3.63, 3.8) is 0 Å². The van der Waals surface area contributed by atoms with Crippen molar-refractivity contribution in [2.24, 2.45) is 5.92 Å². The van der Waals surface area contributed by atoms with Crippen LogP contribution in [0.2, 0.25) is 0 Å². The molecule has 136 valence electrons. The van der Waals surface area contributed by atoms with Crippen LogP contribution in [0.4, 0.5) is 13.2 Å². The third kappa shape index (κ3) is 3.75. The summed E-state index contributed by atoms with van der Waals surface area (Å²) in [5.41, 5.74) is 0.953. The van der Waals surface area contributed by atoms with E-state index in [-0.39, 0.29) is 6.01 Å². The molecule has 1 aromatic carbocycles. The lowest BCUT2D eigenvalue weighted by Crippen LogP contribution is -2.29. The van der Waals surface area contributed by atoms with E-state index in [1.807, 2.05) is 0 Å². The number of benzene rings is 1. The molecule has 9 heteroatoms. The number of rotatable bonds is 5. The first kappa shape index (κ1) is 18.0. The largest absolute Gasteiger partial charge is 0.492 e. The van der Waals surface area contributed by atoms with E-state index in [1.165, 1.54) is 11.0 Å². The summed E-state index contributed by atoms with van der Waals surface area (Å²) in [6, 6.07) is 2.95. The highest BCUT2D eigenvalue weighted by Gasteiger charge is 2.42. The summed E-state index contributed by atoms with van der Waals surface area (Å²) >= 11 is 3.41. The van der Waals surface area contributed by atoms with Gasteiger partial charge in [0.15, 0.2) is 0 Å². The smallest absolute Gasteiger partial charge is 0.491 e. The first-order valence-electron chi connectivity index (χ1n) is 7.91. The second-order valence-electron chi connectivity index (χ2n) is 5.91. The van der Waals surface area contributed by atoms with Gasteiger partial charge in [0, 0.05) is 12.6 Å². The van der Waals surface area contributed by atoms with E-state index >= 15 is 0 Å². The molecule has 25 heavy (non-hydrogen) atoms. The van der Waals surface area contributed by atoms with Crippen LogP contribution in [0.15, 0.2) is 16.6 Å². The number of aryl methyl sites for hydroxylation is 1. The van der Waals surface area contributed by atoms with Crippen LogP contribution < -0.4 is 9.47 Å². The van der Waals surface area contributed by atoms with Crippen LogP contribution >= 0.6 is 15.9 Å². The van der Waals surface area contributed by atoms with E-state index in [0.717, 1.165) is 12.8 Å². The molecule has 1 aliphatic carbocycles. The topological polar surface area (TPSA) is 53.4 Å². The van der Waals surface area contributed by atoms with Crippen LogP contribution in [0.5, 0.6) is 11.8 Å². The summed E-state index contributed by atoms with van der Waals surface area (Å²) in [6.45, 7) is 2.61. The zero-order chi connectivity index (χ0) is 18.2. The number of fused-ring (bicyclic) bond motifs is 1. The van der Waals surface area contributed by atoms with Crippen LogP contribution in [0.3, 0.4) is 0 Å². The number of ether oxygens (including phenoxy) is 2. The van der Waals surface area contributed by atoms with Gasteiger partial charge in [0.2, 0.25) is 0 Å². The van der Waals surface area contributed by atoms with Gasteiger partial charge in [-0.3, -0.25) is 4.57 Å². The highest BCUT2D eigenvalue weighted by molar-refractivity contribution is 9.10. The van der Waals surface area contributed by atoms with Crippen molar-refractivity contribution in [1.29, 1.82) is 0 Å². The van der Waals surface area contributed by atoms with Gasteiger partial charge in [-0.1, -0.05) is 6.42 Å². The molecule has 2 aromatic rings. The number of imidazole rings is 1. The Morgan fingerprint density at radius 1 is 1.40 bits per heavy atom. The molecule has 1 aliphatic rings. The van der Waals surface area contributed by atoms with Crippen molar-refractivity contribution in [2.45, 2.75) is 38.9 Å². The lowest BCUT2D eigenvalue weighted by atomic mass is 9.86. The molecule has 0 bridgehead atoms. The number of halogens is 4. The zero-order valence-corrected chi connectivity index (χ0v) is 15.0. The van der Waals surface area contributed by atoms with Crippen LogP contribution in [-0.4, -0.2) is 28.3 Å². The fourth-order valence-corrected chi connectivity index (χ4v) is 3.05. The molecule has 1 saturated carbocycles. The van der Waals surface area contributed by atoms with E-state index in [9.17, 15) is 18.0 Å². The van der Waals surface area contributed by atoms with Crippen molar-refractivity contribution >= 4 is 32.9 Å². The van der Waals surface area contributed by atoms with Gasteiger partial charge in [-0.2, -0.15) is 18.2 Å². The maximum atomic E-state index is 12.4. The Morgan fingerprint density at radius 3 is 2.68 bits per heavy atom. The molecule has 5 nitrogen and oxygen atoms in total. The van der Waals surface area contributed by atoms with Crippen molar-refractivity contribution < 1.29 is 27.4 Å². The van der Waals surface area contributed by atoms with E-state index in [2.05, 4.69) is 25.7 Å². The molecule has 0 amide bonds. The Labute approximate surface area is 150 Å². The lowest BCUT2D eigenvalue weighted by Gasteiger charge is -2.25. The van der Waals surface area contributed by atoms with Crippen molar-refractivity contribution in [1.82, 2.24) is 9.55 Å². The molecule has 0 saturated heterocycles. The fraction of sp³-hybridized carbons (Fsp3) is 0.500. The summed E-state index contributed by atoms with van der Waals surface area (Å²) in [7, 11) is 0. The third-order valence-corrected chi connectivity index (χ3v) is 4.82. The Hall–Kier alpha value is -1.77. The number of hydrogen-bond donors (Lipinski definition) is 0. The van der Waals surface area contributed by atoms with Gasteiger partial charge in [0.25, 0.3) is 0 Å². The number of hydrogen-bond acceptors (Lipinski definition) is 4. The zero-order valence-electron chi connectivity index (χ0n) is 13.4. The molecule has 0 spiro atoms. The fourth-order valence-electron chi connectivity index (χ4n) is 2.61. The van der Waals surface area contributed by atoms with E-state index in [4.69, 9.17) is 4.74 Å². The summed E-state index contributed by atoms with van der Waals surface area (Å²) < 4.78 is 49.6. The normalized spacial score (nSPS) is 15.2. The van der Waals surface area contributed by atoms with Crippen molar-refractivity contribution in [3.8, 4) is 11.8 Å². The SMILES string of the molecule is CCn1c(OC(=O)C(F)(F)F)nc2cc(OCC3CCC3)c(Br)cc21. The predicted octanol–water partition coefficient (Wildman–Crippen LogP) is 4.47. The van der Waals surface area contributed by atoms with Crippen molar-refractivity contribution in [2.75, 3.05) is 6.61 Å². The minimum absolute atomic E-state index is 0.297. The first-order valence-corrected chi connectivity index (χ1v) is 8.70. The monoisotopic (exact) mass is 420 g/mol. The maximum absolute atomic E-state index is 12.4. The summed E-state index contributed by atoms with van der Waals surface area (Å²) in [4.78, 5) is 15.1.